The van der Waals surface area contributed by atoms with Crippen LogP contribution in [0.4, 0.5) is 5.13 Å². The number of rotatable bonds is 7. The van der Waals surface area contributed by atoms with E-state index in [2.05, 4.69) is 27.6 Å². The standard InChI is InChI=1S/C19H19N3O4S2/c1-2-25-17(24)10-27-19-22-21-18(28-19)20-16(23)8-13-9-26-15-7-12-5-3-4-11(12)6-14(13)15/h6-7,9H,2-5,8,10H2,1H3,(H,20,21,23). The van der Waals surface area contributed by atoms with Gasteiger partial charge in [-0.05, 0) is 49.4 Å². The Labute approximate surface area is 169 Å². The van der Waals surface area contributed by atoms with Crippen LogP contribution in [0, 0.1) is 0 Å². The molecule has 2 heterocycles. The number of aromatic nitrogens is 2. The number of nitrogens with one attached hydrogen (secondary N) is 1. The van der Waals surface area contributed by atoms with Crippen molar-refractivity contribution >= 4 is 51.1 Å². The molecule has 1 N–H and O–H groups in total. The van der Waals surface area contributed by atoms with Crippen LogP contribution in [0.5, 0.6) is 0 Å². The van der Waals surface area contributed by atoms with Gasteiger partial charge in [-0.2, -0.15) is 0 Å². The first kappa shape index (κ1) is 18.9. The van der Waals surface area contributed by atoms with Crippen molar-refractivity contribution in [2.75, 3.05) is 17.7 Å². The molecule has 0 fully saturated rings. The van der Waals surface area contributed by atoms with Gasteiger partial charge in [0.1, 0.15) is 5.58 Å². The Balaban J connectivity index is 1.37. The van der Waals surface area contributed by atoms with Gasteiger partial charge in [0.25, 0.3) is 0 Å². The van der Waals surface area contributed by atoms with Crippen LogP contribution in [-0.2, 0) is 33.6 Å². The molecule has 1 aromatic carbocycles. The van der Waals surface area contributed by atoms with Gasteiger partial charge in [-0.1, -0.05) is 23.1 Å². The Morgan fingerprint density at radius 2 is 2.11 bits per heavy atom. The molecule has 0 unspecified atom stereocenters. The maximum Gasteiger partial charge on any atom is 0.316 e. The predicted molar refractivity (Wildman–Crippen MR) is 108 cm³/mol. The number of amides is 1. The average molecular weight is 418 g/mol. The Morgan fingerprint density at radius 3 is 2.93 bits per heavy atom. The lowest BCUT2D eigenvalue weighted by Crippen LogP contribution is -2.14. The van der Waals surface area contributed by atoms with Crippen LogP contribution < -0.4 is 5.32 Å². The second-order valence-corrected chi connectivity index (χ2v) is 8.62. The highest BCUT2D eigenvalue weighted by Crippen LogP contribution is 2.31. The summed E-state index contributed by atoms with van der Waals surface area (Å²) in [6.45, 7) is 2.11. The van der Waals surface area contributed by atoms with Crippen molar-refractivity contribution < 1.29 is 18.7 Å². The van der Waals surface area contributed by atoms with Gasteiger partial charge in [0, 0.05) is 10.9 Å². The highest BCUT2D eigenvalue weighted by Gasteiger charge is 2.17. The van der Waals surface area contributed by atoms with E-state index in [0.29, 0.717) is 16.1 Å². The van der Waals surface area contributed by atoms with Gasteiger partial charge >= 0.3 is 5.97 Å². The number of hydrogen-bond acceptors (Lipinski definition) is 8. The molecule has 0 radical (unpaired) electrons. The number of carbonyl (C=O) groups is 2. The summed E-state index contributed by atoms with van der Waals surface area (Å²) in [6.07, 6.45) is 5.20. The molecule has 0 bridgehead atoms. The van der Waals surface area contributed by atoms with Gasteiger partial charge < -0.3 is 14.5 Å². The van der Waals surface area contributed by atoms with Crippen LogP contribution in [0.1, 0.15) is 30.0 Å². The molecule has 1 amide bonds. The third-order valence-corrected chi connectivity index (χ3v) is 6.44. The molecule has 28 heavy (non-hydrogen) atoms. The Kier molecular flexibility index (Phi) is 5.63. The number of anilines is 1. The summed E-state index contributed by atoms with van der Waals surface area (Å²) < 4.78 is 11.1. The number of fused-ring (bicyclic) bond motifs is 2. The monoisotopic (exact) mass is 417 g/mol. The van der Waals surface area contributed by atoms with Gasteiger partial charge in [-0.25, -0.2) is 0 Å². The molecule has 146 valence electrons. The van der Waals surface area contributed by atoms with Crippen molar-refractivity contribution in [3.8, 4) is 0 Å². The van der Waals surface area contributed by atoms with E-state index >= 15 is 0 Å². The summed E-state index contributed by atoms with van der Waals surface area (Å²) in [6, 6.07) is 4.25. The van der Waals surface area contributed by atoms with E-state index in [-0.39, 0.29) is 24.1 Å². The van der Waals surface area contributed by atoms with Crippen molar-refractivity contribution in [2.24, 2.45) is 0 Å². The molecule has 3 aromatic rings. The molecule has 0 aliphatic heterocycles. The van der Waals surface area contributed by atoms with E-state index in [0.717, 1.165) is 29.4 Å². The van der Waals surface area contributed by atoms with Crippen LogP contribution in [-0.4, -0.2) is 34.4 Å². The topological polar surface area (TPSA) is 94.3 Å². The highest BCUT2D eigenvalue weighted by atomic mass is 32.2. The van der Waals surface area contributed by atoms with Crippen LogP contribution in [0.25, 0.3) is 11.0 Å². The van der Waals surface area contributed by atoms with Crippen LogP contribution in [0.2, 0.25) is 0 Å². The molecule has 0 atom stereocenters. The summed E-state index contributed by atoms with van der Waals surface area (Å²) in [7, 11) is 0. The zero-order valence-corrected chi connectivity index (χ0v) is 17.0. The number of furan rings is 1. The van der Waals surface area contributed by atoms with Gasteiger partial charge in [0.05, 0.1) is 25.0 Å². The molecule has 9 heteroatoms. The third kappa shape index (κ3) is 4.20. The van der Waals surface area contributed by atoms with E-state index in [1.165, 1.54) is 40.6 Å². The summed E-state index contributed by atoms with van der Waals surface area (Å²) in [5, 5.41) is 12.1. The zero-order valence-electron chi connectivity index (χ0n) is 15.3. The van der Waals surface area contributed by atoms with E-state index in [9.17, 15) is 9.59 Å². The van der Waals surface area contributed by atoms with E-state index in [4.69, 9.17) is 9.15 Å². The SMILES string of the molecule is CCOC(=O)CSc1nnc(NC(=O)Cc2coc3cc4c(cc23)CCC4)s1. The molecule has 0 saturated heterocycles. The van der Waals surface area contributed by atoms with Gasteiger partial charge in [-0.3, -0.25) is 9.59 Å². The van der Waals surface area contributed by atoms with E-state index in [1.807, 2.05) is 0 Å². The highest BCUT2D eigenvalue weighted by molar-refractivity contribution is 8.01. The largest absolute Gasteiger partial charge is 0.465 e. The fraction of sp³-hybridized carbons (Fsp3) is 0.368. The molecule has 0 saturated carbocycles. The van der Waals surface area contributed by atoms with Gasteiger partial charge in [-0.15, -0.1) is 10.2 Å². The fourth-order valence-corrected chi connectivity index (χ4v) is 4.83. The van der Waals surface area contributed by atoms with Crippen molar-refractivity contribution in [3.05, 3.63) is 35.1 Å². The van der Waals surface area contributed by atoms with Crippen LogP contribution >= 0.6 is 23.1 Å². The first-order valence-electron chi connectivity index (χ1n) is 9.06. The molecule has 1 aliphatic rings. The molecule has 2 aromatic heterocycles. The maximum absolute atomic E-state index is 12.4. The molecule has 1 aliphatic carbocycles. The lowest BCUT2D eigenvalue weighted by molar-refractivity contribution is -0.139. The minimum absolute atomic E-state index is 0.168. The summed E-state index contributed by atoms with van der Waals surface area (Å²) in [5.74, 6) is -0.310. The van der Waals surface area contributed by atoms with Crippen molar-refractivity contribution in [1.29, 1.82) is 0 Å². The van der Waals surface area contributed by atoms with Crippen molar-refractivity contribution in [3.63, 3.8) is 0 Å². The summed E-state index contributed by atoms with van der Waals surface area (Å²) in [5.41, 5.74) is 4.39. The maximum atomic E-state index is 12.4. The van der Waals surface area contributed by atoms with Crippen LogP contribution in [0.15, 0.2) is 27.2 Å². The smallest absolute Gasteiger partial charge is 0.316 e. The average Bonchev–Trinajstić information content (AvgIpc) is 3.39. The number of carbonyl (C=O) groups excluding carboxylic acids is 2. The molecule has 0 spiro atoms. The Bertz CT molecular complexity index is 1030. The van der Waals surface area contributed by atoms with Gasteiger partial charge in [0.15, 0.2) is 4.34 Å². The normalized spacial score (nSPS) is 12.9. The quantitative estimate of drug-likeness (QED) is 0.356. The molecular weight excluding hydrogens is 398 g/mol. The van der Waals surface area contributed by atoms with Crippen LogP contribution in [0.3, 0.4) is 0 Å². The molecule has 7 nitrogen and oxygen atoms in total. The number of aryl methyl sites for hydroxylation is 2. The number of hydrogen-bond donors (Lipinski definition) is 1. The van der Waals surface area contributed by atoms with E-state index in [1.54, 1.807) is 13.2 Å². The number of nitrogens with zero attached hydrogens (tertiary/aromatic N) is 2. The third-order valence-electron chi connectivity index (χ3n) is 4.49. The fourth-order valence-electron chi connectivity index (χ4n) is 3.26. The number of ether oxygens (including phenoxy) is 1. The summed E-state index contributed by atoms with van der Waals surface area (Å²) >= 11 is 2.47. The lowest BCUT2D eigenvalue weighted by atomic mass is 10.0. The molecular formula is C19H19N3O4S2. The van der Waals surface area contributed by atoms with Crippen molar-refractivity contribution in [1.82, 2.24) is 10.2 Å². The first-order chi connectivity index (χ1) is 13.6. The Morgan fingerprint density at radius 1 is 1.29 bits per heavy atom. The lowest BCUT2D eigenvalue weighted by Gasteiger charge is -2.02. The number of esters is 1. The number of benzene rings is 1. The Hall–Kier alpha value is -2.39. The minimum Gasteiger partial charge on any atom is -0.465 e. The number of thioether (sulfide) groups is 1. The van der Waals surface area contributed by atoms with Crippen molar-refractivity contribution in [2.45, 2.75) is 36.9 Å². The minimum atomic E-state index is -0.299. The second kappa shape index (κ2) is 8.32. The summed E-state index contributed by atoms with van der Waals surface area (Å²) in [4.78, 5) is 23.8. The first-order valence-corrected chi connectivity index (χ1v) is 10.9. The molecule has 4 rings (SSSR count). The van der Waals surface area contributed by atoms with Gasteiger partial charge in [0.2, 0.25) is 11.0 Å². The second-order valence-electron chi connectivity index (χ2n) is 6.42. The predicted octanol–water partition coefficient (Wildman–Crippen LogP) is 3.61. The zero-order chi connectivity index (χ0) is 19.5. The van der Waals surface area contributed by atoms with E-state index < -0.39 is 0 Å².